The fourth-order valence-electron chi connectivity index (χ4n) is 2.42. The van der Waals surface area contributed by atoms with Crippen molar-refractivity contribution >= 4 is 17.6 Å². The number of anilines is 1. The summed E-state index contributed by atoms with van der Waals surface area (Å²) in [5, 5.41) is 2.97. The smallest absolute Gasteiger partial charge is 0.252 e. The molecule has 1 heterocycles. The topological polar surface area (TPSA) is 105 Å². The van der Waals surface area contributed by atoms with E-state index in [2.05, 4.69) is 20.3 Å². The first-order chi connectivity index (χ1) is 12.5. The molecular formula is C19H19N5O2. The molecule has 7 heteroatoms. The van der Waals surface area contributed by atoms with Gasteiger partial charge in [-0.2, -0.15) is 4.99 Å². The Labute approximate surface area is 150 Å². The van der Waals surface area contributed by atoms with Crippen LogP contribution >= 0.6 is 0 Å². The van der Waals surface area contributed by atoms with Crippen molar-refractivity contribution in [2.24, 2.45) is 10.7 Å². The number of guanidine groups is 1. The van der Waals surface area contributed by atoms with Crippen molar-refractivity contribution < 1.29 is 4.74 Å². The standard InChI is InChI=1S/C19H19N5O2/c1-12-4-3-5-14(10-12)21-18(20)24-19-22-16(11-17(25)23-19)13-6-8-15(26-2)9-7-13/h3-11H,1-2H3,(H4,20,21,22,23,24,25). The Morgan fingerprint density at radius 2 is 1.96 bits per heavy atom. The molecule has 4 N–H and O–H groups in total. The predicted octanol–water partition coefficient (Wildman–Crippen LogP) is 2.81. The molecular weight excluding hydrogens is 330 g/mol. The van der Waals surface area contributed by atoms with Crippen LogP contribution in [0.25, 0.3) is 11.3 Å². The third kappa shape index (κ3) is 4.27. The van der Waals surface area contributed by atoms with Crippen molar-refractivity contribution in [1.82, 2.24) is 9.97 Å². The van der Waals surface area contributed by atoms with Gasteiger partial charge in [0, 0.05) is 17.3 Å². The molecule has 7 nitrogen and oxygen atoms in total. The number of H-pyrrole nitrogens is 1. The summed E-state index contributed by atoms with van der Waals surface area (Å²) in [5.74, 6) is 0.982. The first-order valence-electron chi connectivity index (χ1n) is 7.97. The highest BCUT2D eigenvalue weighted by molar-refractivity contribution is 5.93. The van der Waals surface area contributed by atoms with Gasteiger partial charge < -0.3 is 15.8 Å². The maximum Gasteiger partial charge on any atom is 0.252 e. The summed E-state index contributed by atoms with van der Waals surface area (Å²) < 4.78 is 5.14. The molecule has 1 aromatic heterocycles. The fraction of sp³-hybridized carbons (Fsp3) is 0.105. The van der Waals surface area contributed by atoms with Gasteiger partial charge in [-0.1, -0.05) is 12.1 Å². The summed E-state index contributed by atoms with van der Waals surface area (Å²) in [6, 6.07) is 16.4. The zero-order valence-corrected chi connectivity index (χ0v) is 14.5. The molecule has 0 aliphatic heterocycles. The molecule has 3 rings (SSSR count). The normalized spacial score (nSPS) is 11.2. The van der Waals surface area contributed by atoms with Crippen LogP contribution in [0.1, 0.15) is 5.56 Å². The Morgan fingerprint density at radius 3 is 2.65 bits per heavy atom. The van der Waals surface area contributed by atoms with Crippen LogP contribution in [-0.2, 0) is 0 Å². The zero-order valence-electron chi connectivity index (χ0n) is 14.5. The molecule has 0 radical (unpaired) electrons. The summed E-state index contributed by atoms with van der Waals surface area (Å²) >= 11 is 0. The first kappa shape index (κ1) is 17.2. The quantitative estimate of drug-likeness (QED) is 0.496. The highest BCUT2D eigenvalue weighted by atomic mass is 16.5. The van der Waals surface area contributed by atoms with Crippen LogP contribution in [0.4, 0.5) is 11.6 Å². The number of aromatic amines is 1. The maximum atomic E-state index is 11.9. The van der Waals surface area contributed by atoms with Crippen LogP contribution in [-0.4, -0.2) is 23.0 Å². The Hall–Kier alpha value is -3.61. The van der Waals surface area contributed by atoms with Crippen LogP contribution in [0.15, 0.2) is 64.4 Å². The van der Waals surface area contributed by atoms with E-state index < -0.39 is 0 Å². The molecule has 0 spiro atoms. The van der Waals surface area contributed by atoms with E-state index in [9.17, 15) is 4.79 Å². The molecule has 0 aliphatic rings. The largest absolute Gasteiger partial charge is 0.497 e. The molecule has 0 unspecified atom stereocenters. The molecule has 132 valence electrons. The van der Waals surface area contributed by atoms with Crippen LogP contribution in [0, 0.1) is 6.92 Å². The highest BCUT2D eigenvalue weighted by Gasteiger charge is 2.05. The summed E-state index contributed by atoms with van der Waals surface area (Å²) in [4.78, 5) is 23.0. The lowest BCUT2D eigenvalue weighted by atomic mass is 10.1. The van der Waals surface area contributed by atoms with Gasteiger partial charge in [-0.15, -0.1) is 0 Å². The molecule has 0 saturated heterocycles. The van der Waals surface area contributed by atoms with E-state index in [1.807, 2.05) is 43.3 Å². The minimum atomic E-state index is -0.312. The third-order valence-electron chi connectivity index (χ3n) is 3.63. The second-order valence-corrected chi connectivity index (χ2v) is 5.67. The first-order valence-corrected chi connectivity index (χ1v) is 7.97. The van der Waals surface area contributed by atoms with Gasteiger partial charge in [0.2, 0.25) is 11.9 Å². The maximum absolute atomic E-state index is 11.9. The van der Waals surface area contributed by atoms with Gasteiger partial charge in [0.1, 0.15) is 5.75 Å². The highest BCUT2D eigenvalue weighted by Crippen LogP contribution is 2.20. The number of nitrogens with one attached hydrogen (secondary N) is 2. The predicted molar refractivity (Wildman–Crippen MR) is 103 cm³/mol. The number of ether oxygens (including phenoxy) is 1. The molecule has 0 aliphatic carbocycles. The Balaban J connectivity index is 1.87. The van der Waals surface area contributed by atoms with E-state index in [0.717, 1.165) is 22.6 Å². The monoisotopic (exact) mass is 349 g/mol. The lowest BCUT2D eigenvalue weighted by Gasteiger charge is -2.07. The van der Waals surface area contributed by atoms with Gasteiger partial charge in [-0.05, 0) is 48.9 Å². The second kappa shape index (κ2) is 7.52. The molecule has 26 heavy (non-hydrogen) atoms. The van der Waals surface area contributed by atoms with E-state index in [1.165, 1.54) is 6.07 Å². The fourth-order valence-corrected chi connectivity index (χ4v) is 2.42. The van der Waals surface area contributed by atoms with Crippen molar-refractivity contribution in [3.63, 3.8) is 0 Å². The third-order valence-corrected chi connectivity index (χ3v) is 3.63. The van der Waals surface area contributed by atoms with Crippen molar-refractivity contribution in [3.05, 3.63) is 70.5 Å². The number of aromatic nitrogens is 2. The van der Waals surface area contributed by atoms with Gasteiger partial charge in [0.25, 0.3) is 5.56 Å². The SMILES string of the molecule is COc1ccc(-c2cc(=O)[nH]c(/N=C(\N)Nc3cccc(C)c3)n2)cc1. The Kier molecular flexibility index (Phi) is 4.98. The number of methoxy groups -OCH3 is 1. The summed E-state index contributed by atoms with van der Waals surface area (Å²) in [6.45, 7) is 1.98. The number of rotatable bonds is 4. The van der Waals surface area contributed by atoms with E-state index in [0.29, 0.717) is 5.69 Å². The molecule has 2 aromatic carbocycles. The molecule has 3 aromatic rings. The van der Waals surface area contributed by atoms with Crippen LogP contribution in [0.5, 0.6) is 5.75 Å². The molecule has 0 atom stereocenters. The van der Waals surface area contributed by atoms with Gasteiger partial charge in [0.05, 0.1) is 12.8 Å². The van der Waals surface area contributed by atoms with Gasteiger partial charge in [0.15, 0.2) is 0 Å². The van der Waals surface area contributed by atoms with E-state index in [-0.39, 0.29) is 17.5 Å². The van der Waals surface area contributed by atoms with Gasteiger partial charge in [-0.25, -0.2) is 4.98 Å². The van der Waals surface area contributed by atoms with E-state index >= 15 is 0 Å². The Morgan fingerprint density at radius 1 is 1.19 bits per heavy atom. The summed E-state index contributed by atoms with van der Waals surface area (Å²) in [5.41, 5.74) is 8.79. The van der Waals surface area contributed by atoms with E-state index in [4.69, 9.17) is 10.5 Å². The van der Waals surface area contributed by atoms with Crippen molar-refractivity contribution in [3.8, 4) is 17.0 Å². The van der Waals surface area contributed by atoms with E-state index in [1.54, 1.807) is 19.2 Å². The second-order valence-electron chi connectivity index (χ2n) is 5.67. The number of benzene rings is 2. The Bertz CT molecular complexity index is 993. The minimum absolute atomic E-state index is 0.126. The van der Waals surface area contributed by atoms with Crippen molar-refractivity contribution in [2.75, 3.05) is 12.4 Å². The number of aliphatic imine (C=N–C) groups is 1. The molecule has 0 saturated carbocycles. The average Bonchev–Trinajstić information content (AvgIpc) is 2.61. The van der Waals surface area contributed by atoms with Gasteiger partial charge in [-0.3, -0.25) is 9.78 Å². The molecule has 0 bridgehead atoms. The average molecular weight is 349 g/mol. The lowest BCUT2D eigenvalue weighted by Crippen LogP contribution is -2.22. The zero-order chi connectivity index (χ0) is 18.5. The number of nitrogens with two attached hydrogens (primary N) is 1. The van der Waals surface area contributed by atoms with Crippen molar-refractivity contribution in [2.45, 2.75) is 6.92 Å². The van der Waals surface area contributed by atoms with Crippen LogP contribution in [0.3, 0.4) is 0 Å². The van der Waals surface area contributed by atoms with Crippen LogP contribution in [0.2, 0.25) is 0 Å². The minimum Gasteiger partial charge on any atom is -0.497 e. The summed E-state index contributed by atoms with van der Waals surface area (Å²) in [6.07, 6.45) is 0. The summed E-state index contributed by atoms with van der Waals surface area (Å²) in [7, 11) is 1.59. The van der Waals surface area contributed by atoms with Crippen molar-refractivity contribution in [1.29, 1.82) is 0 Å². The van der Waals surface area contributed by atoms with Crippen LogP contribution < -0.4 is 21.3 Å². The molecule has 0 fully saturated rings. The lowest BCUT2D eigenvalue weighted by molar-refractivity contribution is 0.415. The number of hydrogen-bond acceptors (Lipinski definition) is 4. The molecule has 0 amide bonds. The number of hydrogen-bond donors (Lipinski definition) is 3. The number of nitrogens with zero attached hydrogens (tertiary/aromatic N) is 2. The number of aryl methyl sites for hydroxylation is 1. The van der Waals surface area contributed by atoms with Gasteiger partial charge >= 0.3 is 0 Å².